The normalized spacial score (nSPS) is 20.2. The highest BCUT2D eigenvalue weighted by molar-refractivity contribution is 5.71. The molecule has 204 valence electrons. The Morgan fingerprint density at radius 1 is 0.718 bits per heavy atom. The van der Waals surface area contributed by atoms with Crippen LogP contribution in [0.25, 0.3) is 33.6 Å². The number of H-pyrrole nitrogens is 2. The average Bonchev–Trinajstić information content (AvgIpc) is 3.78. The summed E-state index contributed by atoms with van der Waals surface area (Å²) in [6.07, 6.45) is 11.4. The van der Waals surface area contributed by atoms with Crippen molar-refractivity contribution in [3.63, 3.8) is 0 Å². The van der Waals surface area contributed by atoms with E-state index >= 15 is 0 Å². The molecule has 2 aliphatic rings. The Morgan fingerprint density at radius 3 is 1.79 bits per heavy atom. The minimum absolute atomic E-state index is 0.163. The van der Waals surface area contributed by atoms with Crippen LogP contribution in [0.15, 0.2) is 60.9 Å². The molecular formula is C33H42N6. The van der Waals surface area contributed by atoms with Crippen LogP contribution in [0.5, 0.6) is 0 Å². The highest BCUT2D eigenvalue weighted by Crippen LogP contribution is 2.35. The smallest absolute Gasteiger partial charge is 0.123 e. The van der Waals surface area contributed by atoms with E-state index in [2.05, 4.69) is 89.2 Å². The van der Waals surface area contributed by atoms with Gasteiger partial charge in [-0.25, -0.2) is 9.97 Å². The van der Waals surface area contributed by atoms with Crippen LogP contribution in [0.2, 0.25) is 0 Å². The zero-order valence-electron chi connectivity index (χ0n) is 23.5. The third kappa shape index (κ3) is 5.32. The van der Waals surface area contributed by atoms with E-state index in [1.54, 1.807) is 0 Å². The molecule has 39 heavy (non-hydrogen) atoms. The summed E-state index contributed by atoms with van der Waals surface area (Å²) in [5, 5.41) is 0. The number of hydrogen-bond acceptors (Lipinski definition) is 4. The van der Waals surface area contributed by atoms with Gasteiger partial charge in [0.05, 0.1) is 29.8 Å². The van der Waals surface area contributed by atoms with Crippen LogP contribution >= 0.6 is 0 Å². The number of aromatic amines is 2. The number of nitrogens with zero attached hydrogens (tertiary/aromatic N) is 3. The molecule has 4 aromatic rings. The van der Waals surface area contributed by atoms with Gasteiger partial charge < -0.3 is 15.7 Å². The first kappa shape index (κ1) is 26.0. The molecule has 6 nitrogen and oxygen atoms in total. The van der Waals surface area contributed by atoms with E-state index in [0.717, 1.165) is 41.6 Å². The number of rotatable bonds is 8. The Labute approximate surface area is 232 Å². The van der Waals surface area contributed by atoms with Crippen molar-refractivity contribution in [2.75, 3.05) is 6.54 Å². The molecule has 1 aliphatic heterocycles. The van der Waals surface area contributed by atoms with Crippen LogP contribution in [-0.2, 0) is 0 Å². The molecule has 2 fully saturated rings. The zero-order chi connectivity index (χ0) is 26.9. The van der Waals surface area contributed by atoms with Crippen molar-refractivity contribution < 1.29 is 0 Å². The SMILES string of the molecule is CC(C)[C@@H](N)C(C)N1CCC[C@H]1c1ncc(-c2ccc(-c3ccc(-c4cnc(C5CCCC5)[nH]4)cc3)cc2)[nH]1. The lowest BCUT2D eigenvalue weighted by atomic mass is 9.97. The summed E-state index contributed by atoms with van der Waals surface area (Å²) in [6.45, 7) is 7.76. The van der Waals surface area contributed by atoms with Gasteiger partial charge in [0.1, 0.15) is 11.6 Å². The first-order valence-corrected chi connectivity index (χ1v) is 14.8. The Bertz CT molecular complexity index is 1360. The van der Waals surface area contributed by atoms with Crippen molar-refractivity contribution in [2.24, 2.45) is 11.7 Å². The number of aromatic nitrogens is 4. The van der Waals surface area contributed by atoms with Gasteiger partial charge in [0.25, 0.3) is 0 Å². The van der Waals surface area contributed by atoms with Crippen LogP contribution < -0.4 is 5.73 Å². The van der Waals surface area contributed by atoms with Gasteiger partial charge >= 0.3 is 0 Å². The van der Waals surface area contributed by atoms with Crippen LogP contribution in [-0.4, -0.2) is 43.5 Å². The summed E-state index contributed by atoms with van der Waals surface area (Å²) in [7, 11) is 0. The van der Waals surface area contributed by atoms with E-state index in [1.165, 1.54) is 48.8 Å². The van der Waals surface area contributed by atoms with Gasteiger partial charge in [-0.3, -0.25) is 4.90 Å². The predicted molar refractivity (Wildman–Crippen MR) is 159 cm³/mol. The highest BCUT2D eigenvalue weighted by atomic mass is 15.2. The Balaban J connectivity index is 1.14. The fourth-order valence-corrected chi connectivity index (χ4v) is 6.58. The molecular weight excluding hydrogens is 480 g/mol. The zero-order valence-corrected chi connectivity index (χ0v) is 23.5. The topological polar surface area (TPSA) is 86.6 Å². The van der Waals surface area contributed by atoms with E-state index < -0.39 is 0 Å². The molecule has 3 atom stereocenters. The Hall–Kier alpha value is -3.22. The molecule has 1 saturated carbocycles. The summed E-state index contributed by atoms with van der Waals surface area (Å²) in [5.74, 6) is 3.27. The molecule has 0 spiro atoms. The van der Waals surface area contributed by atoms with Crippen molar-refractivity contribution in [3.05, 3.63) is 72.6 Å². The number of imidazole rings is 2. The van der Waals surface area contributed by atoms with Crippen molar-refractivity contribution in [2.45, 2.75) is 83.3 Å². The molecule has 6 heteroatoms. The molecule has 3 heterocycles. The van der Waals surface area contributed by atoms with E-state index in [9.17, 15) is 0 Å². The molecule has 2 aromatic carbocycles. The maximum Gasteiger partial charge on any atom is 0.123 e. The van der Waals surface area contributed by atoms with Crippen LogP contribution in [0, 0.1) is 5.92 Å². The van der Waals surface area contributed by atoms with Gasteiger partial charge in [0.15, 0.2) is 0 Å². The fourth-order valence-electron chi connectivity index (χ4n) is 6.58. The maximum atomic E-state index is 6.52. The molecule has 1 saturated heterocycles. The highest BCUT2D eigenvalue weighted by Gasteiger charge is 2.34. The van der Waals surface area contributed by atoms with Crippen molar-refractivity contribution >= 4 is 0 Å². The van der Waals surface area contributed by atoms with Gasteiger partial charge in [0.2, 0.25) is 0 Å². The van der Waals surface area contributed by atoms with E-state index in [0.29, 0.717) is 23.9 Å². The van der Waals surface area contributed by atoms with Gasteiger partial charge in [-0.15, -0.1) is 0 Å². The molecule has 0 radical (unpaired) electrons. The van der Waals surface area contributed by atoms with Crippen molar-refractivity contribution in [3.8, 4) is 33.6 Å². The summed E-state index contributed by atoms with van der Waals surface area (Å²) in [4.78, 5) is 19.2. The van der Waals surface area contributed by atoms with E-state index in [-0.39, 0.29) is 6.04 Å². The second-order valence-corrected chi connectivity index (χ2v) is 12.0. The minimum atomic E-state index is 0.163. The van der Waals surface area contributed by atoms with Gasteiger partial charge in [-0.05, 0) is 67.3 Å². The molecule has 6 rings (SSSR count). The second kappa shape index (κ2) is 11.1. The fraction of sp³-hybridized carbons (Fsp3) is 0.455. The minimum Gasteiger partial charge on any atom is -0.342 e. The largest absolute Gasteiger partial charge is 0.342 e. The van der Waals surface area contributed by atoms with Gasteiger partial charge in [-0.2, -0.15) is 0 Å². The molecule has 4 N–H and O–H groups in total. The number of nitrogens with one attached hydrogen (secondary N) is 2. The number of nitrogens with two attached hydrogens (primary N) is 1. The van der Waals surface area contributed by atoms with Crippen molar-refractivity contribution in [1.82, 2.24) is 24.8 Å². The standard InChI is InChI=1S/C33H42N6/c1-21(2)31(34)22(3)39-18-6-9-30(39)33-36-20-29(38-33)26-16-12-24(13-17-26)23-10-14-25(15-11-23)28-19-35-32(37-28)27-7-4-5-8-27/h10-17,19-22,27,30-31H,4-9,18,34H2,1-3H3,(H,35,37)(H,36,38)/t22?,30-,31+/m0/s1. The number of benzene rings is 2. The summed E-state index contributed by atoms with van der Waals surface area (Å²) in [6, 6.07) is 18.4. The monoisotopic (exact) mass is 522 g/mol. The average molecular weight is 523 g/mol. The lowest BCUT2D eigenvalue weighted by Gasteiger charge is -2.35. The van der Waals surface area contributed by atoms with Gasteiger partial charge in [-0.1, -0.05) is 75.2 Å². The Morgan fingerprint density at radius 2 is 1.23 bits per heavy atom. The number of likely N-dealkylation sites (tertiary alicyclic amines) is 1. The lowest BCUT2D eigenvalue weighted by molar-refractivity contribution is 0.147. The lowest BCUT2D eigenvalue weighted by Crippen LogP contribution is -2.48. The second-order valence-electron chi connectivity index (χ2n) is 12.0. The van der Waals surface area contributed by atoms with Crippen molar-refractivity contribution in [1.29, 1.82) is 0 Å². The van der Waals surface area contributed by atoms with Crippen LogP contribution in [0.1, 0.15) is 82.9 Å². The molecule has 2 aromatic heterocycles. The van der Waals surface area contributed by atoms with Gasteiger partial charge in [0, 0.05) is 18.0 Å². The van der Waals surface area contributed by atoms with Crippen LogP contribution in [0.4, 0.5) is 0 Å². The summed E-state index contributed by atoms with van der Waals surface area (Å²) in [5.41, 5.74) is 13.5. The third-order valence-electron chi connectivity index (χ3n) is 9.12. The van der Waals surface area contributed by atoms with E-state index in [4.69, 9.17) is 10.7 Å². The van der Waals surface area contributed by atoms with Crippen LogP contribution in [0.3, 0.4) is 0 Å². The first-order chi connectivity index (χ1) is 19.0. The molecule has 0 amide bonds. The van der Waals surface area contributed by atoms with E-state index in [1.807, 2.05) is 12.4 Å². The Kier molecular flexibility index (Phi) is 7.41. The molecule has 0 bridgehead atoms. The molecule has 1 unspecified atom stereocenters. The number of hydrogen-bond donors (Lipinski definition) is 3. The third-order valence-corrected chi connectivity index (χ3v) is 9.12. The summed E-state index contributed by atoms with van der Waals surface area (Å²) < 4.78 is 0. The maximum absolute atomic E-state index is 6.52. The summed E-state index contributed by atoms with van der Waals surface area (Å²) >= 11 is 0. The quantitative estimate of drug-likeness (QED) is 0.227. The predicted octanol–water partition coefficient (Wildman–Crippen LogP) is 7.30. The first-order valence-electron chi connectivity index (χ1n) is 14.8. The molecule has 1 aliphatic carbocycles.